The summed E-state index contributed by atoms with van der Waals surface area (Å²) in [5.41, 5.74) is 0.480. The number of furan rings is 1. The molecule has 0 radical (unpaired) electrons. The van der Waals surface area contributed by atoms with Crippen LogP contribution in [-0.2, 0) is 16.1 Å². The lowest BCUT2D eigenvalue weighted by Gasteiger charge is -2.21. The lowest BCUT2D eigenvalue weighted by molar-refractivity contribution is -0.119. The number of ketones is 1. The predicted molar refractivity (Wildman–Crippen MR) is 108 cm³/mol. The average Bonchev–Trinajstić information content (AvgIpc) is 3.25. The van der Waals surface area contributed by atoms with Crippen molar-refractivity contribution in [3.63, 3.8) is 0 Å². The van der Waals surface area contributed by atoms with Crippen LogP contribution in [0.15, 0.2) is 51.0 Å². The van der Waals surface area contributed by atoms with Gasteiger partial charge in [-0.25, -0.2) is 9.78 Å². The van der Waals surface area contributed by atoms with Gasteiger partial charge in [0.05, 0.1) is 41.6 Å². The van der Waals surface area contributed by atoms with E-state index in [2.05, 4.69) is 4.98 Å². The third-order valence-electron chi connectivity index (χ3n) is 4.98. The van der Waals surface area contributed by atoms with Gasteiger partial charge in [-0.1, -0.05) is 18.2 Å². The van der Waals surface area contributed by atoms with E-state index in [0.29, 0.717) is 33.8 Å². The minimum Gasteiger partial charge on any atom is -0.467 e. The normalized spacial score (nSPS) is 16.9. The van der Waals surface area contributed by atoms with Gasteiger partial charge in [0.25, 0.3) is 5.56 Å². The van der Waals surface area contributed by atoms with Crippen molar-refractivity contribution >= 4 is 34.4 Å². The third kappa shape index (κ3) is 3.98. The summed E-state index contributed by atoms with van der Waals surface area (Å²) in [6.45, 7) is 0.219. The molecule has 0 bridgehead atoms. The maximum Gasteiger partial charge on any atom is 0.337 e. The number of carbonyl (C=O) groups is 2. The van der Waals surface area contributed by atoms with Gasteiger partial charge >= 0.3 is 5.97 Å². The fraction of sp³-hybridized carbons (Fsp3) is 0.333. The number of fused-ring (bicyclic) bond motifs is 1. The van der Waals surface area contributed by atoms with Crippen LogP contribution in [0, 0.1) is 0 Å². The van der Waals surface area contributed by atoms with Crippen LogP contribution in [0.1, 0.15) is 41.8 Å². The first-order chi connectivity index (χ1) is 14.1. The summed E-state index contributed by atoms with van der Waals surface area (Å²) in [6.07, 6.45) is 4.75. The van der Waals surface area contributed by atoms with Gasteiger partial charge in [-0.3, -0.25) is 14.2 Å². The molecule has 1 aliphatic rings. The number of methoxy groups -OCH3 is 1. The Morgan fingerprint density at radius 1 is 1.31 bits per heavy atom. The molecule has 1 aromatic carbocycles. The zero-order chi connectivity index (χ0) is 20.4. The van der Waals surface area contributed by atoms with Gasteiger partial charge in [-0.05, 0) is 43.2 Å². The van der Waals surface area contributed by atoms with Gasteiger partial charge in [0.2, 0.25) is 0 Å². The van der Waals surface area contributed by atoms with Crippen molar-refractivity contribution in [1.82, 2.24) is 9.55 Å². The van der Waals surface area contributed by atoms with Crippen molar-refractivity contribution in [3.8, 4) is 0 Å². The number of rotatable bonds is 5. The van der Waals surface area contributed by atoms with Crippen LogP contribution >= 0.6 is 11.8 Å². The Morgan fingerprint density at radius 2 is 2.17 bits per heavy atom. The largest absolute Gasteiger partial charge is 0.467 e. The standard InChI is InChI=1S/C21H20N2O5S/c1-27-20(26)13-8-9-15-16(11-13)22-21(29-18-7-3-2-6-17(18)24)23(19(15)25)12-14-5-4-10-28-14/h4-5,8-11,18H,2-3,6-7,12H2,1H3/t18-/m1/s1. The van der Waals surface area contributed by atoms with E-state index >= 15 is 0 Å². The Balaban J connectivity index is 1.82. The summed E-state index contributed by atoms with van der Waals surface area (Å²) >= 11 is 1.31. The molecule has 1 fully saturated rings. The first-order valence-electron chi connectivity index (χ1n) is 9.41. The van der Waals surface area contributed by atoms with Crippen LogP contribution < -0.4 is 5.56 Å². The van der Waals surface area contributed by atoms with Gasteiger partial charge in [-0.15, -0.1) is 0 Å². The number of aromatic nitrogens is 2. The molecule has 150 valence electrons. The zero-order valence-corrected chi connectivity index (χ0v) is 16.7. The Bertz CT molecular complexity index is 1120. The molecule has 0 saturated heterocycles. The van der Waals surface area contributed by atoms with Crippen LogP contribution in [0.3, 0.4) is 0 Å². The first-order valence-corrected chi connectivity index (χ1v) is 10.3. The van der Waals surface area contributed by atoms with E-state index in [9.17, 15) is 14.4 Å². The molecule has 7 nitrogen and oxygen atoms in total. The van der Waals surface area contributed by atoms with Crippen molar-refractivity contribution in [1.29, 1.82) is 0 Å². The minimum absolute atomic E-state index is 0.184. The van der Waals surface area contributed by atoms with Crippen LogP contribution in [0.2, 0.25) is 0 Å². The van der Waals surface area contributed by atoms with E-state index in [1.807, 2.05) is 0 Å². The molecule has 1 aliphatic carbocycles. The van der Waals surface area contributed by atoms with Crippen LogP contribution in [-0.4, -0.2) is 33.7 Å². The molecule has 1 saturated carbocycles. The van der Waals surface area contributed by atoms with Gasteiger partial charge in [-0.2, -0.15) is 0 Å². The molecule has 0 amide bonds. The number of thioether (sulfide) groups is 1. The lowest BCUT2D eigenvalue weighted by Crippen LogP contribution is -2.27. The summed E-state index contributed by atoms with van der Waals surface area (Å²) < 4.78 is 11.7. The number of esters is 1. The molecule has 2 heterocycles. The second-order valence-electron chi connectivity index (χ2n) is 6.91. The number of carbonyl (C=O) groups excluding carboxylic acids is 2. The second-order valence-corrected chi connectivity index (χ2v) is 8.08. The van der Waals surface area contributed by atoms with Gasteiger partial charge in [0.1, 0.15) is 11.5 Å². The molecule has 29 heavy (non-hydrogen) atoms. The monoisotopic (exact) mass is 412 g/mol. The molecule has 1 atom stereocenters. The van der Waals surface area contributed by atoms with Gasteiger partial charge < -0.3 is 9.15 Å². The minimum atomic E-state index is -0.495. The quantitative estimate of drug-likeness (QED) is 0.468. The summed E-state index contributed by atoms with van der Waals surface area (Å²) in [4.78, 5) is 42.1. The fourth-order valence-electron chi connectivity index (χ4n) is 3.44. The Kier molecular flexibility index (Phi) is 5.53. The van der Waals surface area contributed by atoms with Crippen molar-refractivity contribution in [2.24, 2.45) is 0 Å². The molecular formula is C21H20N2O5S. The fourth-order valence-corrected chi connectivity index (χ4v) is 4.65. The highest BCUT2D eigenvalue weighted by Crippen LogP contribution is 2.31. The Labute approximate surface area is 171 Å². The smallest absolute Gasteiger partial charge is 0.337 e. The first kappa shape index (κ1) is 19.4. The van der Waals surface area contributed by atoms with Gasteiger partial charge in [0, 0.05) is 6.42 Å². The van der Waals surface area contributed by atoms with Crippen LogP contribution in [0.25, 0.3) is 10.9 Å². The van der Waals surface area contributed by atoms with Gasteiger partial charge in [0.15, 0.2) is 5.16 Å². The summed E-state index contributed by atoms with van der Waals surface area (Å²) in [6, 6.07) is 8.22. The van der Waals surface area contributed by atoms with E-state index in [1.54, 1.807) is 36.6 Å². The highest BCUT2D eigenvalue weighted by Gasteiger charge is 2.26. The predicted octanol–water partition coefficient (Wildman–Crippen LogP) is 3.43. The Morgan fingerprint density at radius 3 is 2.90 bits per heavy atom. The van der Waals surface area contributed by atoms with E-state index in [4.69, 9.17) is 9.15 Å². The molecule has 0 unspecified atom stereocenters. The van der Waals surface area contributed by atoms with Crippen LogP contribution in [0.4, 0.5) is 0 Å². The van der Waals surface area contributed by atoms with Crippen LogP contribution in [0.5, 0.6) is 0 Å². The van der Waals surface area contributed by atoms with Crippen molar-refractivity contribution < 1.29 is 18.7 Å². The summed E-state index contributed by atoms with van der Waals surface area (Å²) in [7, 11) is 1.30. The molecule has 3 aromatic rings. The maximum atomic E-state index is 13.2. The maximum absolute atomic E-state index is 13.2. The van der Waals surface area contributed by atoms with Crippen molar-refractivity contribution in [3.05, 3.63) is 58.3 Å². The molecule has 0 N–H and O–H groups in total. The molecule has 8 heteroatoms. The van der Waals surface area contributed by atoms with E-state index in [0.717, 1.165) is 19.3 Å². The summed E-state index contributed by atoms with van der Waals surface area (Å²) in [5.74, 6) is 0.310. The highest BCUT2D eigenvalue weighted by atomic mass is 32.2. The number of nitrogens with zero attached hydrogens (tertiary/aromatic N) is 2. The topological polar surface area (TPSA) is 91.4 Å². The van der Waals surface area contributed by atoms with E-state index in [-0.39, 0.29) is 23.1 Å². The highest BCUT2D eigenvalue weighted by molar-refractivity contribution is 8.00. The molecule has 0 spiro atoms. The van der Waals surface area contributed by atoms with E-state index < -0.39 is 5.97 Å². The van der Waals surface area contributed by atoms with E-state index in [1.165, 1.54) is 23.4 Å². The zero-order valence-electron chi connectivity index (χ0n) is 15.9. The second kappa shape index (κ2) is 8.24. The number of benzene rings is 1. The SMILES string of the molecule is COC(=O)c1ccc2c(=O)n(Cc3ccco3)c(S[C@@H]3CCCCC3=O)nc2c1. The van der Waals surface area contributed by atoms with Crippen molar-refractivity contribution in [2.45, 2.75) is 42.6 Å². The molecule has 2 aromatic heterocycles. The number of Topliss-reactive ketones (excluding diaryl/α,β-unsaturated/α-hetero) is 1. The number of hydrogen-bond acceptors (Lipinski definition) is 7. The number of ether oxygens (including phenoxy) is 1. The average molecular weight is 412 g/mol. The molecule has 0 aliphatic heterocycles. The number of hydrogen-bond donors (Lipinski definition) is 0. The van der Waals surface area contributed by atoms with Crippen molar-refractivity contribution in [2.75, 3.05) is 7.11 Å². The lowest BCUT2D eigenvalue weighted by atomic mass is 9.99. The Hall–Kier alpha value is -2.87. The third-order valence-corrected chi connectivity index (χ3v) is 6.29. The molecule has 4 rings (SSSR count). The summed E-state index contributed by atoms with van der Waals surface area (Å²) in [5, 5.41) is 0.615. The molecular weight excluding hydrogens is 392 g/mol.